The maximum atomic E-state index is 12.1. The second kappa shape index (κ2) is 7.38. The van der Waals surface area contributed by atoms with Crippen molar-refractivity contribution in [3.8, 4) is 11.4 Å². The Morgan fingerprint density at radius 1 is 1.35 bits per heavy atom. The molecule has 1 heterocycles. The van der Waals surface area contributed by atoms with Crippen LogP contribution in [0.5, 0.6) is 5.75 Å². The first-order valence-electron chi connectivity index (χ1n) is 6.90. The van der Waals surface area contributed by atoms with Crippen LogP contribution in [0.1, 0.15) is 10.5 Å². The van der Waals surface area contributed by atoms with Crippen LogP contribution in [0.4, 0.5) is 0 Å². The van der Waals surface area contributed by atoms with Gasteiger partial charge in [0.1, 0.15) is 0 Å². The molecule has 0 radical (unpaired) electrons. The topological polar surface area (TPSA) is 87.5 Å². The normalized spacial score (nSPS) is 10.8. The third-order valence-electron chi connectivity index (χ3n) is 3.04. The predicted octanol–water partition coefficient (Wildman–Crippen LogP) is 0.992. The van der Waals surface area contributed by atoms with Crippen LogP contribution >= 0.6 is 15.9 Å². The van der Waals surface area contributed by atoms with Gasteiger partial charge in [0.05, 0.1) is 5.69 Å². The smallest absolute Gasteiger partial charge is 0.275 e. The molecule has 8 heteroatoms. The van der Waals surface area contributed by atoms with Crippen molar-refractivity contribution in [2.45, 2.75) is 0 Å². The monoisotopic (exact) mass is 380 g/mol. The molecule has 2 rings (SSSR count). The Balaban J connectivity index is 2.31. The lowest BCUT2D eigenvalue weighted by Crippen LogP contribution is -2.33. The van der Waals surface area contributed by atoms with E-state index >= 15 is 0 Å². The first kappa shape index (κ1) is 17.2. The van der Waals surface area contributed by atoms with Gasteiger partial charge in [-0.1, -0.05) is 15.9 Å². The molecule has 23 heavy (non-hydrogen) atoms. The van der Waals surface area contributed by atoms with E-state index in [1.165, 1.54) is 0 Å². The van der Waals surface area contributed by atoms with Gasteiger partial charge in [0.15, 0.2) is 11.4 Å². The van der Waals surface area contributed by atoms with Crippen LogP contribution in [0, 0.1) is 0 Å². The van der Waals surface area contributed by atoms with Gasteiger partial charge in [0, 0.05) is 23.6 Å². The lowest BCUT2D eigenvalue weighted by molar-refractivity contribution is 0.0941. The van der Waals surface area contributed by atoms with Gasteiger partial charge in [-0.15, -0.1) is 0 Å². The minimum atomic E-state index is -0.532. The van der Waals surface area contributed by atoms with Crippen molar-refractivity contribution in [2.75, 3.05) is 27.2 Å². The average molecular weight is 381 g/mol. The summed E-state index contributed by atoms with van der Waals surface area (Å²) >= 11 is 3.31. The van der Waals surface area contributed by atoms with Crippen LogP contribution in [0.25, 0.3) is 5.69 Å². The Morgan fingerprint density at radius 3 is 2.61 bits per heavy atom. The molecule has 0 atom stereocenters. The summed E-state index contributed by atoms with van der Waals surface area (Å²) in [7, 11) is 3.77. The number of nitrogens with one attached hydrogen (secondary N) is 1. The van der Waals surface area contributed by atoms with E-state index in [0.29, 0.717) is 18.8 Å². The van der Waals surface area contributed by atoms with E-state index < -0.39 is 17.2 Å². The molecule has 2 aromatic rings. The highest BCUT2D eigenvalue weighted by Gasteiger charge is 2.16. The lowest BCUT2D eigenvalue weighted by atomic mass is 10.3. The summed E-state index contributed by atoms with van der Waals surface area (Å²) in [6, 6.07) is 7.86. The second-order valence-corrected chi connectivity index (χ2v) is 6.08. The van der Waals surface area contributed by atoms with Gasteiger partial charge < -0.3 is 15.3 Å². The number of benzene rings is 1. The van der Waals surface area contributed by atoms with E-state index in [-0.39, 0.29) is 5.69 Å². The summed E-state index contributed by atoms with van der Waals surface area (Å²) in [6.45, 7) is 1.06. The number of hydrogen-bond donors (Lipinski definition) is 2. The van der Waals surface area contributed by atoms with Gasteiger partial charge in [0.2, 0.25) is 0 Å². The average Bonchev–Trinajstić information content (AvgIpc) is 2.48. The van der Waals surface area contributed by atoms with Gasteiger partial charge in [-0.25, -0.2) is 0 Å². The number of hydrogen-bond acceptors (Lipinski definition) is 5. The minimum Gasteiger partial charge on any atom is -0.505 e. The summed E-state index contributed by atoms with van der Waals surface area (Å²) in [5.74, 6) is -0.971. The molecule has 2 N–H and O–H groups in total. The molecular weight excluding hydrogens is 364 g/mol. The highest BCUT2D eigenvalue weighted by atomic mass is 79.9. The molecule has 0 fully saturated rings. The Bertz CT molecular complexity index is 756. The fourth-order valence-electron chi connectivity index (χ4n) is 1.85. The standard InChI is InChI=1S/C15H17BrN4O3/c1-19(2)8-7-17-15(23)14-12(21)9-13(22)20(18-14)11-5-3-10(16)4-6-11/h3-6,9,21H,7-8H2,1-2H3,(H,17,23). The zero-order valence-corrected chi connectivity index (χ0v) is 14.4. The predicted molar refractivity (Wildman–Crippen MR) is 90.1 cm³/mol. The molecule has 0 aliphatic carbocycles. The fourth-order valence-corrected chi connectivity index (χ4v) is 2.12. The van der Waals surface area contributed by atoms with E-state index in [4.69, 9.17) is 0 Å². The number of rotatable bonds is 5. The second-order valence-electron chi connectivity index (χ2n) is 5.16. The molecule has 0 saturated heterocycles. The number of amides is 1. The highest BCUT2D eigenvalue weighted by Crippen LogP contribution is 2.15. The summed E-state index contributed by atoms with van der Waals surface area (Å²) in [4.78, 5) is 26.0. The van der Waals surface area contributed by atoms with Gasteiger partial charge in [0.25, 0.3) is 11.5 Å². The molecule has 1 aromatic carbocycles. The Labute approximate surface area is 141 Å². The van der Waals surface area contributed by atoms with Crippen LogP contribution in [-0.4, -0.2) is 52.9 Å². The first-order valence-corrected chi connectivity index (χ1v) is 7.70. The molecule has 0 bridgehead atoms. The zero-order chi connectivity index (χ0) is 17.0. The third kappa shape index (κ3) is 4.40. The Hall–Kier alpha value is -2.19. The van der Waals surface area contributed by atoms with Gasteiger partial charge in [-0.3, -0.25) is 9.59 Å². The van der Waals surface area contributed by atoms with Gasteiger partial charge >= 0.3 is 0 Å². The molecule has 0 unspecified atom stereocenters. The first-order chi connectivity index (χ1) is 10.9. The number of aromatic hydroxyl groups is 1. The Morgan fingerprint density at radius 2 is 2.00 bits per heavy atom. The number of aromatic nitrogens is 2. The van der Waals surface area contributed by atoms with Crippen molar-refractivity contribution in [1.82, 2.24) is 20.0 Å². The SMILES string of the molecule is CN(C)CCNC(=O)c1nn(-c2ccc(Br)cc2)c(=O)cc1O. The summed E-state index contributed by atoms with van der Waals surface area (Å²) in [5.41, 5.74) is -0.207. The number of likely N-dealkylation sites (N-methyl/N-ethyl adjacent to an activating group) is 1. The number of nitrogens with zero attached hydrogens (tertiary/aromatic N) is 3. The summed E-state index contributed by atoms with van der Waals surface area (Å²) in [5, 5.41) is 16.5. The molecule has 122 valence electrons. The van der Waals surface area contributed by atoms with Crippen molar-refractivity contribution >= 4 is 21.8 Å². The lowest BCUT2D eigenvalue weighted by Gasteiger charge is -2.11. The summed E-state index contributed by atoms with van der Waals surface area (Å²) < 4.78 is 1.93. The van der Waals surface area contributed by atoms with Crippen LogP contribution in [0.3, 0.4) is 0 Å². The number of carbonyl (C=O) groups excluding carboxylic acids is 1. The molecule has 0 aliphatic heterocycles. The van der Waals surface area contributed by atoms with Crippen molar-refractivity contribution in [1.29, 1.82) is 0 Å². The van der Waals surface area contributed by atoms with Crippen molar-refractivity contribution < 1.29 is 9.90 Å². The maximum absolute atomic E-state index is 12.1. The van der Waals surface area contributed by atoms with Crippen LogP contribution in [-0.2, 0) is 0 Å². The van der Waals surface area contributed by atoms with Crippen LogP contribution in [0.15, 0.2) is 39.6 Å². The van der Waals surface area contributed by atoms with E-state index in [1.54, 1.807) is 24.3 Å². The van der Waals surface area contributed by atoms with Crippen molar-refractivity contribution in [3.63, 3.8) is 0 Å². The molecule has 1 aromatic heterocycles. The van der Waals surface area contributed by atoms with E-state index in [0.717, 1.165) is 15.2 Å². The van der Waals surface area contributed by atoms with Crippen LogP contribution in [0.2, 0.25) is 0 Å². The van der Waals surface area contributed by atoms with Crippen LogP contribution < -0.4 is 10.9 Å². The van der Waals surface area contributed by atoms with E-state index in [9.17, 15) is 14.7 Å². The van der Waals surface area contributed by atoms with Crippen molar-refractivity contribution in [2.24, 2.45) is 0 Å². The van der Waals surface area contributed by atoms with E-state index in [2.05, 4.69) is 26.3 Å². The fraction of sp³-hybridized carbons (Fsp3) is 0.267. The molecule has 0 aliphatic rings. The third-order valence-corrected chi connectivity index (χ3v) is 3.57. The molecule has 0 saturated carbocycles. The maximum Gasteiger partial charge on any atom is 0.275 e. The largest absolute Gasteiger partial charge is 0.505 e. The highest BCUT2D eigenvalue weighted by molar-refractivity contribution is 9.10. The van der Waals surface area contributed by atoms with Crippen molar-refractivity contribution in [3.05, 3.63) is 50.9 Å². The van der Waals surface area contributed by atoms with Gasteiger partial charge in [-0.2, -0.15) is 9.78 Å². The number of halogens is 1. The molecule has 7 nitrogen and oxygen atoms in total. The van der Waals surface area contributed by atoms with E-state index in [1.807, 2.05) is 19.0 Å². The Kier molecular flexibility index (Phi) is 5.51. The minimum absolute atomic E-state index is 0.189. The summed E-state index contributed by atoms with van der Waals surface area (Å²) in [6.07, 6.45) is 0. The molecule has 0 spiro atoms. The molecule has 1 amide bonds. The quantitative estimate of drug-likeness (QED) is 0.807. The number of carbonyl (C=O) groups is 1. The zero-order valence-electron chi connectivity index (χ0n) is 12.8. The molecular formula is C15H17BrN4O3. The van der Waals surface area contributed by atoms with Gasteiger partial charge in [-0.05, 0) is 38.4 Å².